The van der Waals surface area contributed by atoms with Gasteiger partial charge in [-0.3, -0.25) is 9.69 Å². The highest BCUT2D eigenvalue weighted by atomic mass is 16.5. The minimum atomic E-state index is -0.332. The average molecular weight is 416 g/mol. The summed E-state index contributed by atoms with van der Waals surface area (Å²) in [7, 11) is 0. The van der Waals surface area contributed by atoms with Crippen molar-refractivity contribution in [3.8, 4) is 11.4 Å². The number of carbonyl (C=O) groups excluding carboxylic acids is 2. The molecule has 3 aromatic rings. The van der Waals surface area contributed by atoms with Gasteiger partial charge in [-0.15, -0.1) is 0 Å². The van der Waals surface area contributed by atoms with Gasteiger partial charge in [0.05, 0.1) is 12.5 Å². The van der Waals surface area contributed by atoms with Gasteiger partial charge >= 0.3 is 6.03 Å². The summed E-state index contributed by atoms with van der Waals surface area (Å²) in [5, 5.41) is 7.21. The van der Waals surface area contributed by atoms with Crippen molar-refractivity contribution in [1.82, 2.24) is 20.4 Å². The fraction of sp³-hybridized carbons (Fsp3) is 0.333. The molecule has 0 bridgehead atoms. The summed E-state index contributed by atoms with van der Waals surface area (Å²) < 4.78 is 5.58. The molecular weight excluding hydrogens is 392 g/mol. The third kappa shape index (κ3) is 3.71. The summed E-state index contributed by atoms with van der Waals surface area (Å²) in [6, 6.07) is 17.0. The molecule has 1 saturated heterocycles. The zero-order valence-electron chi connectivity index (χ0n) is 17.3. The Bertz CT molecular complexity index is 1110. The Labute approximate surface area is 180 Å². The van der Waals surface area contributed by atoms with Gasteiger partial charge in [0, 0.05) is 17.5 Å². The minimum Gasteiger partial charge on any atom is -0.339 e. The molecule has 2 aromatic carbocycles. The van der Waals surface area contributed by atoms with E-state index < -0.39 is 0 Å². The molecule has 1 aliphatic heterocycles. The number of nitrogens with one attached hydrogen (secondary N) is 1. The van der Waals surface area contributed by atoms with Crippen molar-refractivity contribution in [2.75, 3.05) is 0 Å². The van der Waals surface area contributed by atoms with Crippen LogP contribution in [0.15, 0.2) is 59.1 Å². The molecule has 2 heterocycles. The van der Waals surface area contributed by atoms with Crippen LogP contribution in [0.4, 0.5) is 4.79 Å². The molecule has 1 N–H and O–H groups in total. The fourth-order valence-corrected chi connectivity index (χ4v) is 4.64. The zero-order valence-corrected chi connectivity index (χ0v) is 17.3. The van der Waals surface area contributed by atoms with Crippen molar-refractivity contribution in [2.24, 2.45) is 5.92 Å². The van der Waals surface area contributed by atoms with Crippen molar-refractivity contribution >= 4 is 11.9 Å². The highest BCUT2D eigenvalue weighted by Crippen LogP contribution is 2.38. The van der Waals surface area contributed by atoms with Crippen LogP contribution in [0.2, 0.25) is 0 Å². The third-order valence-electron chi connectivity index (χ3n) is 6.35. The maximum Gasteiger partial charge on any atom is 0.324 e. The molecule has 5 rings (SSSR count). The SMILES string of the molecule is Cc1ccccc1-c1noc(C2CCC3C(=O)N(Cc4ccccc4)C(=O)NC3C2)n1. The molecule has 7 nitrogen and oxygen atoms in total. The van der Waals surface area contributed by atoms with Crippen molar-refractivity contribution in [2.45, 2.75) is 44.7 Å². The van der Waals surface area contributed by atoms with Crippen molar-refractivity contribution in [1.29, 1.82) is 0 Å². The van der Waals surface area contributed by atoms with Crippen molar-refractivity contribution < 1.29 is 14.1 Å². The summed E-state index contributed by atoms with van der Waals surface area (Å²) in [5.41, 5.74) is 2.97. The monoisotopic (exact) mass is 416 g/mol. The highest BCUT2D eigenvalue weighted by Gasteiger charge is 2.45. The van der Waals surface area contributed by atoms with E-state index in [1.54, 1.807) is 0 Å². The number of carbonyl (C=O) groups is 2. The number of amides is 3. The van der Waals surface area contributed by atoms with Gasteiger partial charge in [-0.2, -0.15) is 4.98 Å². The molecule has 7 heteroatoms. The number of hydrogen-bond acceptors (Lipinski definition) is 5. The molecule has 0 spiro atoms. The predicted molar refractivity (Wildman–Crippen MR) is 114 cm³/mol. The van der Waals surface area contributed by atoms with Crippen LogP contribution in [0.25, 0.3) is 11.4 Å². The quantitative estimate of drug-likeness (QED) is 0.693. The molecule has 2 aliphatic rings. The summed E-state index contributed by atoms with van der Waals surface area (Å²) in [5.74, 6) is 0.872. The first kappa shape index (κ1) is 19.5. The summed E-state index contributed by atoms with van der Waals surface area (Å²) in [6.45, 7) is 2.31. The Morgan fingerprint density at radius 2 is 1.84 bits per heavy atom. The van der Waals surface area contributed by atoms with E-state index in [0.29, 0.717) is 31.1 Å². The lowest BCUT2D eigenvalue weighted by atomic mass is 9.76. The molecule has 3 unspecified atom stereocenters. The fourth-order valence-electron chi connectivity index (χ4n) is 4.64. The van der Waals surface area contributed by atoms with Crippen LogP contribution in [0.5, 0.6) is 0 Å². The molecule has 2 fully saturated rings. The van der Waals surface area contributed by atoms with E-state index in [1.807, 2.05) is 61.5 Å². The summed E-state index contributed by atoms with van der Waals surface area (Å²) in [4.78, 5) is 31.7. The largest absolute Gasteiger partial charge is 0.339 e. The molecule has 0 radical (unpaired) electrons. The lowest BCUT2D eigenvalue weighted by molar-refractivity contribution is -0.137. The van der Waals surface area contributed by atoms with Crippen LogP contribution in [0.3, 0.4) is 0 Å². The van der Waals surface area contributed by atoms with Gasteiger partial charge < -0.3 is 9.84 Å². The highest BCUT2D eigenvalue weighted by molar-refractivity contribution is 5.98. The van der Waals surface area contributed by atoms with E-state index in [1.165, 1.54) is 4.90 Å². The Balaban J connectivity index is 1.29. The topological polar surface area (TPSA) is 88.3 Å². The minimum absolute atomic E-state index is 0.0280. The maximum atomic E-state index is 13.1. The van der Waals surface area contributed by atoms with Gasteiger partial charge in [0.1, 0.15) is 0 Å². The molecule has 1 aromatic heterocycles. The van der Waals surface area contributed by atoms with Gasteiger partial charge in [0.15, 0.2) is 0 Å². The van der Waals surface area contributed by atoms with Crippen molar-refractivity contribution in [3.05, 3.63) is 71.6 Å². The van der Waals surface area contributed by atoms with Gasteiger partial charge in [0.2, 0.25) is 17.6 Å². The molecule has 3 amide bonds. The van der Waals surface area contributed by atoms with Gasteiger partial charge in [-0.25, -0.2) is 4.79 Å². The summed E-state index contributed by atoms with van der Waals surface area (Å²) in [6.07, 6.45) is 2.08. The third-order valence-corrected chi connectivity index (χ3v) is 6.35. The van der Waals surface area contributed by atoms with Crippen molar-refractivity contribution in [3.63, 3.8) is 0 Å². The summed E-state index contributed by atoms with van der Waals surface area (Å²) >= 11 is 0. The van der Waals surface area contributed by atoms with E-state index in [-0.39, 0.29) is 29.8 Å². The van der Waals surface area contributed by atoms with Gasteiger partial charge in [-0.1, -0.05) is 59.8 Å². The molecule has 1 aliphatic carbocycles. The molecule has 158 valence electrons. The van der Waals surface area contributed by atoms with E-state index in [2.05, 4.69) is 15.5 Å². The van der Waals surface area contributed by atoms with Crippen LogP contribution in [-0.4, -0.2) is 33.0 Å². The first-order valence-corrected chi connectivity index (χ1v) is 10.7. The van der Waals surface area contributed by atoms with E-state index in [9.17, 15) is 9.59 Å². The van der Waals surface area contributed by atoms with E-state index in [0.717, 1.165) is 23.1 Å². The van der Waals surface area contributed by atoms with Crippen LogP contribution < -0.4 is 5.32 Å². The van der Waals surface area contributed by atoms with Crippen LogP contribution >= 0.6 is 0 Å². The second-order valence-electron chi connectivity index (χ2n) is 8.35. The maximum absolute atomic E-state index is 13.1. The number of fused-ring (bicyclic) bond motifs is 1. The predicted octanol–water partition coefficient (Wildman–Crippen LogP) is 4.05. The Kier molecular flexibility index (Phi) is 5.02. The lowest BCUT2D eigenvalue weighted by Crippen LogP contribution is -2.60. The van der Waals surface area contributed by atoms with Crippen LogP contribution in [0, 0.1) is 12.8 Å². The first-order chi connectivity index (χ1) is 15.1. The Morgan fingerprint density at radius 1 is 1.06 bits per heavy atom. The normalized spacial score (nSPS) is 23.4. The standard InChI is InChI=1S/C24H24N4O3/c1-15-7-5-6-10-18(15)21-26-22(31-27-21)17-11-12-19-20(13-17)25-24(30)28(23(19)29)14-16-8-3-2-4-9-16/h2-10,17,19-20H,11-14H2,1H3,(H,25,30). The van der Waals surface area contributed by atoms with Gasteiger partial charge in [-0.05, 0) is 37.3 Å². The van der Waals surface area contributed by atoms with E-state index >= 15 is 0 Å². The number of rotatable bonds is 4. The number of urea groups is 1. The number of aromatic nitrogens is 2. The first-order valence-electron chi connectivity index (χ1n) is 10.7. The molecular formula is C24H24N4O3. The molecule has 3 atom stereocenters. The smallest absolute Gasteiger partial charge is 0.324 e. The Hall–Kier alpha value is -3.48. The van der Waals surface area contributed by atoms with Crippen LogP contribution in [0.1, 0.15) is 42.2 Å². The number of aryl methyl sites for hydroxylation is 1. The van der Waals surface area contributed by atoms with Gasteiger partial charge in [0.25, 0.3) is 0 Å². The number of imide groups is 1. The Morgan fingerprint density at radius 3 is 2.65 bits per heavy atom. The average Bonchev–Trinajstić information content (AvgIpc) is 3.27. The second-order valence-corrected chi connectivity index (χ2v) is 8.35. The van der Waals surface area contributed by atoms with E-state index in [4.69, 9.17) is 4.52 Å². The zero-order chi connectivity index (χ0) is 21.4. The second kappa shape index (κ2) is 7.98. The lowest BCUT2D eigenvalue weighted by Gasteiger charge is -2.41. The number of nitrogens with zero attached hydrogens (tertiary/aromatic N) is 3. The van der Waals surface area contributed by atoms with Crippen LogP contribution in [-0.2, 0) is 11.3 Å². The number of benzene rings is 2. The number of hydrogen-bond donors (Lipinski definition) is 1. The molecule has 1 saturated carbocycles. The molecule has 31 heavy (non-hydrogen) atoms.